The predicted octanol–water partition coefficient (Wildman–Crippen LogP) is 2.35. The third kappa shape index (κ3) is 2.80. The number of carbonyl (C=O) groups is 1. The lowest BCUT2D eigenvalue weighted by atomic mass is 10.2. The van der Waals surface area contributed by atoms with E-state index in [1.54, 1.807) is 6.92 Å². The Bertz CT molecular complexity index is 326. The Morgan fingerprint density at radius 3 is 2.50 bits per heavy atom. The maximum atomic E-state index is 12.6. The Morgan fingerprint density at radius 1 is 1.36 bits per heavy atom. The second-order valence-electron chi connectivity index (χ2n) is 2.49. The van der Waals surface area contributed by atoms with E-state index in [-0.39, 0.29) is 13.0 Å². The molecule has 0 unspecified atom stereocenters. The van der Waals surface area contributed by atoms with Crippen LogP contribution < -0.4 is 5.32 Å². The van der Waals surface area contributed by atoms with Crippen molar-refractivity contribution in [2.75, 3.05) is 6.54 Å². The van der Waals surface area contributed by atoms with E-state index >= 15 is 0 Å². The number of benzene rings is 1. The summed E-state index contributed by atoms with van der Waals surface area (Å²) in [5, 5.41) is 2.48. The monoisotopic (exact) mass is 201 g/mol. The van der Waals surface area contributed by atoms with Gasteiger partial charge in [0.15, 0.2) is 11.6 Å². The summed E-state index contributed by atoms with van der Waals surface area (Å²) >= 11 is 0. The number of carbonyl (C=O) groups excluding carboxylic acids is 1. The number of hydrogen-bond donors (Lipinski definition) is 1. The van der Waals surface area contributed by atoms with Crippen LogP contribution in [0.2, 0.25) is 0 Å². The molecule has 0 radical (unpaired) electrons. The standard InChI is InChI=1S/C9H9F2NO.CH4/c1-2-12-9(13)6-3-4-7(10)8(11)5-6;/h3-5H,2H2,1H3,(H,12,13);1H4. The van der Waals surface area contributed by atoms with Gasteiger partial charge in [0.05, 0.1) is 0 Å². The van der Waals surface area contributed by atoms with Crippen molar-refractivity contribution in [2.24, 2.45) is 0 Å². The first-order valence-electron chi connectivity index (χ1n) is 3.88. The molecule has 0 aliphatic heterocycles. The molecule has 0 fully saturated rings. The molecule has 0 spiro atoms. The summed E-state index contributed by atoms with van der Waals surface area (Å²) in [6.07, 6.45) is 0. The molecule has 1 rings (SSSR count). The first-order valence-corrected chi connectivity index (χ1v) is 3.88. The highest BCUT2D eigenvalue weighted by Crippen LogP contribution is 2.08. The Labute approximate surface area is 81.9 Å². The molecule has 1 aromatic carbocycles. The number of amides is 1. The molecule has 78 valence electrons. The van der Waals surface area contributed by atoms with Crippen molar-refractivity contribution in [1.29, 1.82) is 0 Å². The third-order valence-corrected chi connectivity index (χ3v) is 1.52. The maximum absolute atomic E-state index is 12.6. The van der Waals surface area contributed by atoms with Crippen LogP contribution in [-0.4, -0.2) is 12.5 Å². The average molecular weight is 201 g/mol. The van der Waals surface area contributed by atoms with Gasteiger partial charge in [0.2, 0.25) is 0 Å². The lowest BCUT2D eigenvalue weighted by molar-refractivity contribution is 0.0955. The van der Waals surface area contributed by atoms with Gasteiger partial charge in [0, 0.05) is 12.1 Å². The molecule has 0 saturated heterocycles. The summed E-state index contributed by atoms with van der Waals surface area (Å²) in [6, 6.07) is 3.05. The molecule has 2 nitrogen and oxygen atoms in total. The predicted molar refractivity (Wildman–Crippen MR) is 51.1 cm³/mol. The summed E-state index contributed by atoms with van der Waals surface area (Å²) < 4.78 is 25.1. The highest BCUT2D eigenvalue weighted by Gasteiger charge is 2.07. The zero-order valence-corrected chi connectivity index (χ0v) is 7.10. The van der Waals surface area contributed by atoms with Gasteiger partial charge in [0.1, 0.15) is 0 Å². The second kappa shape index (κ2) is 5.32. The van der Waals surface area contributed by atoms with E-state index in [9.17, 15) is 13.6 Å². The normalized spacial score (nSPS) is 9.07. The molecule has 14 heavy (non-hydrogen) atoms. The fourth-order valence-corrected chi connectivity index (χ4v) is 0.900. The largest absolute Gasteiger partial charge is 0.352 e. The smallest absolute Gasteiger partial charge is 0.251 e. The molecular weight excluding hydrogens is 188 g/mol. The van der Waals surface area contributed by atoms with Gasteiger partial charge in [-0.05, 0) is 25.1 Å². The van der Waals surface area contributed by atoms with E-state index in [0.717, 1.165) is 12.1 Å². The summed E-state index contributed by atoms with van der Waals surface area (Å²) in [4.78, 5) is 11.1. The van der Waals surface area contributed by atoms with E-state index in [0.29, 0.717) is 6.54 Å². The average Bonchev–Trinajstić information content (AvgIpc) is 2.10. The quantitative estimate of drug-likeness (QED) is 0.781. The fraction of sp³-hybridized carbons (Fsp3) is 0.300. The highest BCUT2D eigenvalue weighted by molar-refractivity contribution is 5.94. The molecule has 1 N–H and O–H groups in total. The third-order valence-electron chi connectivity index (χ3n) is 1.52. The molecule has 4 heteroatoms. The number of hydrogen-bond acceptors (Lipinski definition) is 1. The molecule has 0 aliphatic carbocycles. The summed E-state index contributed by atoms with van der Waals surface area (Å²) in [6.45, 7) is 2.20. The van der Waals surface area contributed by atoms with Crippen LogP contribution in [0.4, 0.5) is 8.78 Å². The summed E-state index contributed by atoms with van der Waals surface area (Å²) in [5.41, 5.74) is 0.126. The zero-order chi connectivity index (χ0) is 9.84. The van der Waals surface area contributed by atoms with Gasteiger partial charge in [-0.15, -0.1) is 0 Å². The van der Waals surface area contributed by atoms with E-state index < -0.39 is 17.5 Å². The van der Waals surface area contributed by atoms with Crippen LogP contribution in [0.15, 0.2) is 18.2 Å². The van der Waals surface area contributed by atoms with E-state index in [1.165, 1.54) is 6.07 Å². The van der Waals surface area contributed by atoms with Crippen molar-refractivity contribution in [3.63, 3.8) is 0 Å². The number of nitrogens with one attached hydrogen (secondary N) is 1. The lowest BCUT2D eigenvalue weighted by Gasteiger charge is -2.01. The van der Waals surface area contributed by atoms with Crippen molar-refractivity contribution in [1.82, 2.24) is 5.32 Å². The Balaban J connectivity index is 0.00000169. The Morgan fingerprint density at radius 2 is 2.00 bits per heavy atom. The van der Waals surface area contributed by atoms with Gasteiger partial charge in [-0.25, -0.2) is 8.78 Å². The van der Waals surface area contributed by atoms with Gasteiger partial charge >= 0.3 is 0 Å². The Kier molecular flexibility index (Phi) is 4.77. The summed E-state index contributed by atoms with van der Waals surface area (Å²) in [5.74, 6) is -2.36. The minimum atomic E-state index is -1.01. The van der Waals surface area contributed by atoms with Crippen LogP contribution in [0.1, 0.15) is 24.7 Å². The van der Waals surface area contributed by atoms with Crippen LogP contribution in [0.5, 0.6) is 0 Å². The van der Waals surface area contributed by atoms with E-state index in [2.05, 4.69) is 5.32 Å². The van der Waals surface area contributed by atoms with Crippen LogP contribution in [0.3, 0.4) is 0 Å². The zero-order valence-electron chi connectivity index (χ0n) is 7.10. The van der Waals surface area contributed by atoms with Crippen LogP contribution in [-0.2, 0) is 0 Å². The topological polar surface area (TPSA) is 29.1 Å². The van der Waals surface area contributed by atoms with Crippen molar-refractivity contribution >= 4 is 5.91 Å². The molecule has 1 aromatic rings. The fourth-order valence-electron chi connectivity index (χ4n) is 0.900. The van der Waals surface area contributed by atoms with Gasteiger partial charge in [0.25, 0.3) is 5.91 Å². The Hall–Kier alpha value is -1.45. The lowest BCUT2D eigenvalue weighted by Crippen LogP contribution is -2.22. The van der Waals surface area contributed by atoms with Gasteiger partial charge in [-0.1, -0.05) is 7.43 Å². The van der Waals surface area contributed by atoms with Crippen molar-refractivity contribution < 1.29 is 13.6 Å². The van der Waals surface area contributed by atoms with E-state index in [4.69, 9.17) is 0 Å². The van der Waals surface area contributed by atoms with Gasteiger partial charge in [-0.2, -0.15) is 0 Å². The molecule has 0 bridgehead atoms. The molecule has 0 aliphatic rings. The van der Waals surface area contributed by atoms with Crippen LogP contribution in [0, 0.1) is 11.6 Å². The molecule has 0 saturated carbocycles. The second-order valence-corrected chi connectivity index (χ2v) is 2.49. The number of rotatable bonds is 2. The summed E-state index contributed by atoms with van der Waals surface area (Å²) in [7, 11) is 0. The molecular formula is C10H13F2NO. The van der Waals surface area contributed by atoms with Gasteiger partial charge in [-0.3, -0.25) is 4.79 Å². The van der Waals surface area contributed by atoms with Crippen molar-refractivity contribution in [2.45, 2.75) is 14.4 Å². The molecule has 0 atom stereocenters. The van der Waals surface area contributed by atoms with Crippen LogP contribution >= 0.6 is 0 Å². The highest BCUT2D eigenvalue weighted by atomic mass is 19.2. The van der Waals surface area contributed by atoms with Crippen molar-refractivity contribution in [3.05, 3.63) is 35.4 Å². The van der Waals surface area contributed by atoms with Crippen LogP contribution in [0.25, 0.3) is 0 Å². The molecule has 0 aromatic heterocycles. The minimum absolute atomic E-state index is 0. The van der Waals surface area contributed by atoms with Crippen molar-refractivity contribution in [3.8, 4) is 0 Å². The van der Waals surface area contributed by atoms with Gasteiger partial charge < -0.3 is 5.32 Å². The first kappa shape index (κ1) is 12.6. The first-order chi connectivity index (χ1) is 6.15. The minimum Gasteiger partial charge on any atom is -0.352 e. The number of halogens is 2. The molecule has 1 amide bonds. The molecule has 0 heterocycles. The maximum Gasteiger partial charge on any atom is 0.251 e. The SMILES string of the molecule is C.CCNC(=O)c1ccc(F)c(F)c1. The van der Waals surface area contributed by atoms with E-state index in [1.807, 2.05) is 0 Å².